The van der Waals surface area contributed by atoms with E-state index in [1.165, 1.54) is 11.8 Å². The van der Waals surface area contributed by atoms with Crippen molar-refractivity contribution >= 4 is 17.5 Å². The molecule has 0 bridgehead atoms. The zero-order chi connectivity index (χ0) is 15.8. The topological polar surface area (TPSA) is 35.5 Å². The Morgan fingerprint density at radius 3 is 2.59 bits per heavy atom. The molecule has 0 N–H and O–H groups in total. The van der Waals surface area contributed by atoms with Crippen molar-refractivity contribution in [3.8, 4) is 5.75 Å². The van der Waals surface area contributed by atoms with Crippen LogP contribution in [0, 0.1) is 0 Å². The second kappa shape index (κ2) is 8.61. The molecule has 1 atom stereocenters. The third-order valence-electron chi connectivity index (χ3n) is 3.01. The van der Waals surface area contributed by atoms with E-state index in [1.807, 2.05) is 49.4 Å². The molecule has 0 saturated carbocycles. The van der Waals surface area contributed by atoms with Crippen LogP contribution in [0.5, 0.6) is 5.75 Å². The summed E-state index contributed by atoms with van der Waals surface area (Å²) in [5.41, 5.74) is 0.0349. The lowest BCUT2D eigenvalue weighted by Crippen LogP contribution is -2.19. The van der Waals surface area contributed by atoms with Crippen LogP contribution in [0.15, 0.2) is 59.5 Å². The van der Waals surface area contributed by atoms with Gasteiger partial charge in [0.25, 0.3) is 0 Å². The number of ketones is 1. The highest BCUT2D eigenvalue weighted by molar-refractivity contribution is 8.00. The lowest BCUT2D eigenvalue weighted by Gasteiger charge is -2.14. The van der Waals surface area contributed by atoms with Gasteiger partial charge in [-0.15, -0.1) is 0 Å². The van der Waals surface area contributed by atoms with Crippen molar-refractivity contribution in [2.75, 3.05) is 13.7 Å². The predicted molar refractivity (Wildman–Crippen MR) is 89.7 cm³/mol. The predicted octanol–water partition coefficient (Wildman–Crippen LogP) is 4.42. The number of ether oxygens (including phenoxy) is 2. The number of thioether (sulfide) groups is 1. The molecule has 4 heteroatoms. The van der Waals surface area contributed by atoms with Crippen LogP contribution in [-0.4, -0.2) is 24.9 Å². The van der Waals surface area contributed by atoms with Crippen LogP contribution in [0.2, 0.25) is 0 Å². The molecule has 0 aliphatic carbocycles. The fourth-order valence-corrected chi connectivity index (χ4v) is 2.83. The van der Waals surface area contributed by atoms with Gasteiger partial charge >= 0.3 is 0 Å². The molecule has 3 nitrogen and oxygen atoms in total. The van der Waals surface area contributed by atoms with Gasteiger partial charge in [-0.25, -0.2) is 0 Å². The number of benzene rings is 2. The molecule has 0 amide bonds. The van der Waals surface area contributed by atoms with Gasteiger partial charge in [-0.3, -0.25) is 4.79 Å². The number of carbonyl (C=O) groups is 1. The minimum absolute atomic E-state index is 0.0571. The fourth-order valence-electron chi connectivity index (χ4n) is 1.93. The normalized spacial score (nSPS) is 11.9. The van der Waals surface area contributed by atoms with Crippen molar-refractivity contribution in [1.82, 2.24) is 0 Å². The standard InChI is InChI=1S/C18H20O3S/c1-3-12-21-15-9-7-8-14(13-15)17(19)18(20-2)22-16-10-5-4-6-11-16/h4-11,13,18H,3,12H2,1-2H3. The SMILES string of the molecule is CCCOc1cccc(C(=O)C(OC)Sc2ccccc2)c1. The number of rotatable bonds is 8. The van der Waals surface area contributed by atoms with Gasteiger partial charge in [0, 0.05) is 17.6 Å². The van der Waals surface area contributed by atoms with Crippen LogP contribution < -0.4 is 4.74 Å². The molecule has 2 aromatic carbocycles. The number of carbonyl (C=O) groups excluding carboxylic acids is 1. The molecule has 0 radical (unpaired) electrons. The van der Waals surface area contributed by atoms with Crippen LogP contribution in [0.4, 0.5) is 0 Å². The van der Waals surface area contributed by atoms with Crippen molar-refractivity contribution in [3.63, 3.8) is 0 Å². The summed E-state index contributed by atoms with van der Waals surface area (Å²) in [4.78, 5) is 13.6. The Kier molecular flexibility index (Phi) is 6.49. The van der Waals surface area contributed by atoms with Crippen LogP contribution in [0.25, 0.3) is 0 Å². The Labute approximate surface area is 135 Å². The average molecular weight is 316 g/mol. The lowest BCUT2D eigenvalue weighted by molar-refractivity contribution is 0.0794. The second-order valence-corrected chi connectivity index (χ2v) is 5.87. The summed E-state index contributed by atoms with van der Waals surface area (Å²) < 4.78 is 10.9. The molecular weight excluding hydrogens is 296 g/mol. The van der Waals surface area contributed by atoms with E-state index in [9.17, 15) is 4.79 Å². The third-order valence-corrected chi connectivity index (χ3v) is 4.17. The third kappa shape index (κ3) is 4.61. The zero-order valence-corrected chi connectivity index (χ0v) is 13.6. The smallest absolute Gasteiger partial charge is 0.202 e. The largest absolute Gasteiger partial charge is 0.494 e. The van der Waals surface area contributed by atoms with Crippen LogP contribution in [0.3, 0.4) is 0 Å². The summed E-state index contributed by atoms with van der Waals surface area (Å²) in [6.45, 7) is 2.69. The first-order valence-corrected chi connectivity index (χ1v) is 8.14. The van der Waals surface area contributed by atoms with Gasteiger partial charge in [-0.05, 0) is 30.7 Å². The van der Waals surface area contributed by atoms with Crippen LogP contribution in [0.1, 0.15) is 23.7 Å². The average Bonchev–Trinajstić information content (AvgIpc) is 2.58. The maximum absolute atomic E-state index is 12.6. The summed E-state index contributed by atoms with van der Waals surface area (Å²) in [5, 5.41) is 0. The lowest BCUT2D eigenvalue weighted by atomic mass is 10.1. The van der Waals surface area contributed by atoms with Crippen LogP contribution >= 0.6 is 11.8 Å². The molecule has 0 saturated heterocycles. The Bertz CT molecular complexity index is 598. The minimum atomic E-state index is -0.566. The first-order chi connectivity index (χ1) is 10.7. The number of methoxy groups -OCH3 is 1. The van der Waals surface area contributed by atoms with Gasteiger partial charge in [0.1, 0.15) is 5.75 Å². The quantitative estimate of drug-likeness (QED) is 0.410. The Balaban J connectivity index is 2.11. The van der Waals surface area contributed by atoms with E-state index in [0.717, 1.165) is 11.3 Å². The van der Waals surface area contributed by atoms with E-state index < -0.39 is 5.44 Å². The molecule has 2 aromatic rings. The van der Waals surface area contributed by atoms with Crippen molar-refractivity contribution in [1.29, 1.82) is 0 Å². The molecule has 0 heterocycles. The molecule has 1 unspecified atom stereocenters. The monoisotopic (exact) mass is 316 g/mol. The molecule has 0 spiro atoms. The van der Waals surface area contributed by atoms with Gasteiger partial charge in [-0.1, -0.05) is 49.0 Å². The highest BCUT2D eigenvalue weighted by atomic mass is 32.2. The summed E-state index contributed by atoms with van der Waals surface area (Å²) in [5.74, 6) is 0.658. The first kappa shape index (κ1) is 16.6. The molecular formula is C18H20O3S. The second-order valence-electron chi connectivity index (χ2n) is 4.74. The van der Waals surface area contributed by atoms with E-state index in [1.54, 1.807) is 19.2 Å². The Morgan fingerprint density at radius 2 is 1.91 bits per heavy atom. The van der Waals surface area contributed by atoms with Gasteiger partial charge in [0.15, 0.2) is 5.44 Å². The zero-order valence-electron chi connectivity index (χ0n) is 12.8. The van der Waals surface area contributed by atoms with Crippen molar-refractivity contribution < 1.29 is 14.3 Å². The molecule has 0 aliphatic heterocycles. The first-order valence-electron chi connectivity index (χ1n) is 7.26. The van der Waals surface area contributed by atoms with Crippen molar-refractivity contribution in [2.24, 2.45) is 0 Å². The maximum atomic E-state index is 12.6. The minimum Gasteiger partial charge on any atom is -0.494 e. The van der Waals surface area contributed by atoms with Gasteiger partial charge in [-0.2, -0.15) is 0 Å². The number of Topliss-reactive ketones (excluding diaryl/α,β-unsaturated/α-hetero) is 1. The Morgan fingerprint density at radius 1 is 1.14 bits per heavy atom. The molecule has 22 heavy (non-hydrogen) atoms. The number of hydrogen-bond acceptors (Lipinski definition) is 4. The van der Waals surface area contributed by atoms with Gasteiger partial charge in [0.05, 0.1) is 6.61 Å². The summed E-state index contributed by atoms with van der Waals surface area (Å²) in [7, 11) is 1.55. The summed E-state index contributed by atoms with van der Waals surface area (Å²) in [6, 6.07) is 17.0. The molecule has 2 rings (SSSR count). The van der Waals surface area contributed by atoms with E-state index in [4.69, 9.17) is 9.47 Å². The van der Waals surface area contributed by atoms with Gasteiger partial charge < -0.3 is 9.47 Å². The highest BCUT2D eigenvalue weighted by Gasteiger charge is 2.21. The van der Waals surface area contributed by atoms with E-state index in [0.29, 0.717) is 17.9 Å². The Hall–Kier alpha value is -1.78. The van der Waals surface area contributed by atoms with Crippen molar-refractivity contribution in [2.45, 2.75) is 23.7 Å². The summed E-state index contributed by atoms with van der Waals surface area (Å²) in [6.07, 6.45) is 0.933. The molecule has 0 fully saturated rings. The van der Waals surface area contributed by atoms with E-state index >= 15 is 0 Å². The molecule has 116 valence electrons. The van der Waals surface area contributed by atoms with E-state index in [-0.39, 0.29) is 5.78 Å². The van der Waals surface area contributed by atoms with Crippen LogP contribution in [-0.2, 0) is 4.74 Å². The van der Waals surface area contributed by atoms with E-state index in [2.05, 4.69) is 0 Å². The maximum Gasteiger partial charge on any atom is 0.202 e. The molecule has 0 aromatic heterocycles. The molecule has 0 aliphatic rings. The van der Waals surface area contributed by atoms with Gasteiger partial charge in [0.2, 0.25) is 5.78 Å². The van der Waals surface area contributed by atoms with Crippen molar-refractivity contribution in [3.05, 3.63) is 60.2 Å². The summed E-state index contributed by atoms with van der Waals surface area (Å²) >= 11 is 1.40. The number of hydrogen-bond donors (Lipinski definition) is 0. The highest BCUT2D eigenvalue weighted by Crippen LogP contribution is 2.27. The fraction of sp³-hybridized carbons (Fsp3) is 0.278.